The Hall–Kier alpha value is -0.620. The Balaban J connectivity index is 3.74. The molecule has 0 aliphatic carbocycles. The average Bonchev–Trinajstić information content (AvgIpc) is 1.84. The minimum Gasteiger partial charge on any atom is -0.357 e. The molecule has 0 aromatic carbocycles. The molecule has 0 fully saturated rings. The van der Waals surface area contributed by atoms with Crippen molar-refractivity contribution in [2.75, 3.05) is 6.61 Å². The zero-order chi connectivity index (χ0) is 8.20. The van der Waals surface area contributed by atoms with Crippen LogP contribution in [0.15, 0.2) is 0 Å². The fourth-order valence-electron chi connectivity index (χ4n) is 0.214. The number of carbonyl (C=O) groups excluding carboxylic acids is 1. The molecule has 0 spiro atoms. The highest BCUT2D eigenvalue weighted by Crippen LogP contribution is 2.20. The summed E-state index contributed by atoms with van der Waals surface area (Å²) in [5.41, 5.74) is 0. The summed E-state index contributed by atoms with van der Waals surface area (Å²) in [6.07, 6.45) is -7.66. The molecule has 0 heterocycles. The first-order chi connectivity index (χ1) is 4.50. The van der Waals surface area contributed by atoms with Crippen molar-refractivity contribution in [3.05, 3.63) is 0 Å². The van der Waals surface area contributed by atoms with Crippen LogP contribution >= 0.6 is 0 Å². The molecule has 0 saturated carbocycles. The van der Waals surface area contributed by atoms with E-state index in [0.717, 1.165) is 0 Å². The summed E-state index contributed by atoms with van der Waals surface area (Å²) in [5, 5.41) is 7.65. The molecule has 6 heteroatoms. The first kappa shape index (κ1) is 9.38. The Labute approximate surface area is 54.4 Å². The van der Waals surface area contributed by atoms with Crippen molar-refractivity contribution in [3.63, 3.8) is 0 Å². The first-order valence-corrected chi connectivity index (χ1v) is 2.28. The van der Waals surface area contributed by atoms with Gasteiger partial charge in [0.05, 0.1) is 0 Å². The zero-order valence-electron chi connectivity index (χ0n) is 4.76. The summed E-state index contributed by atoms with van der Waals surface area (Å²) >= 11 is 0. The molecule has 0 aliphatic heterocycles. The molecular formula is C4H5F3O3. The van der Waals surface area contributed by atoms with Gasteiger partial charge in [0.2, 0.25) is 0 Å². The maximum Gasteiger partial charge on any atom is 0.411 e. The number of aldehydes is 1. The quantitative estimate of drug-likeness (QED) is 0.589. The second kappa shape index (κ2) is 3.52. The third kappa shape index (κ3) is 2.79. The van der Waals surface area contributed by atoms with Crippen LogP contribution in [-0.2, 0) is 9.53 Å². The van der Waals surface area contributed by atoms with Gasteiger partial charge in [0.1, 0.15) is 12.9 Å². The molecule has 1 unspecified atom stereocenters. The molecule has 3 nitrogen and oxygen atoms in total. The van der Waals surface area contributed by atoms with Gasteiger partial charge in [0.25, 0.3) is 6.36 Å². The van der Waals surface area contributed by atoms with E-state index in [0.29, 0.717) is 0 Å². The van der Waals surface area contributed by atoms with Gasteiger partial charge < -0.3 is 14.6 Å². The molecule has 0 aromatic heterocycles. The van der Waals surface area contributed by atoms with Crippen LogP contribution in [0.3, 0.4) is 0 Å². The predicted molar refractivity (Wildman–Crippen MR) is 24.1 cm³/mol. The van der Waals surface area contributed by atoms with Crippen molar-refractivity contribution in [1.82, 2.24) is 0 Å². The summed E-state index contributed by atoms with van der Waals surface area (Å²) in [6.45, 7) is -0.950. The molecule has 0 saturated heterocycles. The first-order valence-electron chi connectivity index (χ1n) is 2.28. The lowest BCUT2D eigenvalue weighted by atomic mass is 10.6. The minimum absolute atomic E-state index is 0.0241. The van der Waals surface area contributed by atoms with E-state index in [1.54, 1.807) is 0 Å². The van der Waals surface area contributed by atoms with E-state index in [4.69, 9.17) is 5.11 Å². The summed E-state index contributed by atoms with van der Waals surface area (Å²) in [5.74, 6) is 0. The fraction of sp³-hybridized carbons (Fsp3) is 0.750. The van der Waals surface area contributed by atoms with Gasteiger partial charge in [-0.15, -0.1) is 0 Å². The normalized spacial score (nSPS) is 14.8. The Bertz CT molecular complexity index is 114. The van der Waals surface area contributed by atoms with Crippen molar-refractivity contribution in [2.45, 2.75) is 12.5 Å². The number of alkyl halides is 3. The molecule has 0 bridgehead atoms. The highest BCUT2D eigenvalue weighted by atomic mass is 19.3. The Kier molecular flexibility index (Phi) is 3.31. The van der Waals surface area contributed by atoms with E-state index < -0.39 is 19.1 Å². The second-order valence-electron chi connectivity index (χ2n) is 1.38. The molecule has 0 radical (unpaired) electrons. The van der Waals surface area contributed by atoms with Gasteiger partial charge in [-0.3, -0.25) is 0 Å². The molecule has 0 aliphatic rings. The topological polar surface area (TPSA) is 46.5 Å². The van der Waals surface area contributed by atoms with Gasteiger partial charge in [-0.05, 0) is 0 Å². The number of hydrogen-bond acceptors (Lipinski definition) is 3. The summed E-state index contributed by atoms with van der Waals surface area (Å²) in [7, 11) is 0. The van der Waals surface area contributed by atoms with E-state index in [-0.39, 0.29) is 6.29 Å². The van der Waals surface area contributed by atoms with Crippen molar-refractivity contribution in [1.29, 1.82) is 0 Å². The Morgan fingerprint density at radius 2 is 2.20 bits per heavy atom. The third-order valence-corrected chi connectivity index (χ3v) is 0.621. The SMILES string of the molecule is O=CCOC(F)(F)C(O)F. The summed E-state index contributed by atoms with van der Waals surface area (Å²) in [6, 6.07) is 0. The van der Waals surface area contributed by atoms with Crippen LogP contribution in [0.5, 0.6) is 0 Å². The van der Waals surface area contributed by atoms with Crippen LogP contribution in [0, 0.1) is 0 Å². The lowest BCUT2D eigenvalue weighted by molar-refractivity contribution is -0.314. The Morgan fingerprint density at radius 3 is 2.50 bits per heavy atom. The van der Waals surface area contributed by atoms with Gasteiger partial charge in [-0.25, -0.2) is 4.39 Å². The number of aliphatic hydroxyl groups excluding tert-OH is 1. The molecule has 1 N–H and O–H groups in total. The van der Waals surface area contributed by atoms with Gasteiger partial charge >= 0.3 is 6.11 Å². The van der Waals surface area contributed by atoms with Gasteiger partial charge in [-0.1, -0.05) is 0 Å². The highest BCUT2D eigenvalue weighted by Gasteiger charge is 2.40. The number of ether oxygens (including phenoxy) is 1. The predicted octanol–water partition coefficient (Wildman–Crippen LogP) is 0.0826. The van der Waals surface area contributed by atoms with Crippen LogP contribution in [0.1, 0.15) is 0 Å². The van der Waals surface area contributed by atoms with E-state index in [1.165, 1.54) is 0 Å². The summed E-state index contributed by atoms with van der Waals surface area (Å²) < 4.78 is 38.1. The maximum atomic E-state index is 11.7. The largest absolute Gasteiger partial charge is 0.411 e. The average molecular weight is 158 g/mol. The number of hydrogen-bond donors (Lipinski definition) is 1. The monoisotopic (exact) mass is 158 g/mol. The van der Waals surface area contributed by atoms with Crippen molar-refractivity contribution in [3.8, 4) is 0 Å². The zero-order valence-corrected chi connectivity index (χ0v) is 4.76. The second-order valence-corrected chi connectivity index (χ2v) is 1.38. The van der Waals surface area contributed by atoms with Crippen LogP contribution in [0.4, 0.5) is 13.2 Å². The molecule has 0 amide bonds. The smallest absolute Gasteiger partial charge is 0.357 e. The van der Waals surface area contributed by atoms with Crippen LogP contribution in [0.25, 0.3) is 0 Å². The van der Waals surface area contributed by atoms with E-state index in [9.17, 15) is 18.0 Å². The van der Waals surface area contributed by atoms with Crippen molar-refractivity contribution < 1.29 is 27.8 Å². The van der Waals surface area contributed by atoms with Crippen molar-refractivity contribution >= 4 is 6.29 Å². The third-order valence-electron chi connectivity index (χ3n) is 0.621. The lowest BCUT2D eigenvalue weighted by Crippen LogP contribution is -2.33. The van der Waals surface area contributed by atoms with Crippen LogP contribution < -0.4 is 0 Å². The lowest BCUT2D eigenvalue weighted by Gasteiger charge is -2.14. The number of rotatable bonds is 4. The molecular weight excluding hydrogens is 153 g/mol. The highest BCUT2D eigenvalue weighted by molar-refractivity contribution is 5.50. The number of aliphatic hydroxyl groups is 1. The van der Waals surface area contributed by atoms with Gasteiger partial charge in [0, 0.05) is 0 Å². The van der Waals surface area contributed by atoms with Crippen LogP contribution in [0.2, 0.25) is 0 Å². The van der Waals surface area contributed by atoms with Gasteiger partial charge in [0.15, 0.2) is 0 Å². The van der Waals surface area contributed by atoms with Crippen LogP contribution in [-0.4, -0.2) is 30.5 Å². The Morgan fingerprint density at radius 1 is 1.70 bits per heavy atom. The molecule has 60 valence electrons. The maximum absolute atomic E-state index is 11.7. The summed E-state index contributed by atoms with van der Waals surface area (Å²) in [4.78, 5) is 9.41. The van der Waals surface area contributed by atoms with E-state index in [1.807, 2.05) is 0 Å². The number of carbonyl (C=O) groups is 1. The van der Waals surface area contributed by atoms with Crippen molar-refractivity contribution in [2.24, 2.45) is 0 Å². The number of halogens is 3. The molecule has 0 aromatic rings. The van der Waals surface area contributed by atoms with Gasteiger partial charge in [-0.2, -0.15) is 8.78 Å². The molecule has 0 rings (SSSR count). The van der Waals surface area contributed by atoms with E-state index >= 15 is 0 Å². The minimum atomic E-state index is -4.29. The van der Waals surface area contributed by atoms with E-state index in [2.05, 4.69) is 4.74 Å². The standard InChI is InChI=1S/C4H5F3O3/c5-3(9)4(6,7)10-2-1-8/h1,3,9H,2H2. The molecule has 10 heavy (non-hydrogen) atoms. The molecule has 1 atom stereocenters. The fourth-order valence-corrected chi connectivity index (χ4v) is 0.214.